The monoisotopic (exact) mass is 389 g/mol. The number of carbonyl (C=O) groups is 1. The van der Waals surface area contributed by atoms with Gasteiger partial charge in [-0.1, -0.05) is 0 Å². The highest BCUT2D eigenvalue weighted by Crippen LogP contribution is 2.31. The Balaban J connectivity index is 1.83. The Labute approximate surface area is 164 Å². The molecule has 1 amide bonds. The number of aryl methyl sites for hydroxylation is 3. The van der Waals surface area contributed by atoms with Crippen LogP contribution < -0.4 is 5.32 Å². The van der Waals surface area contributed by atoms with E-state index in [9.17, 15) is 4.79 Å². The molecule has 3 heterocycles. The number of methoxy groups -OCH3 is 1. The SMILES string of the molecule is COCCC(=O)N1CCCC[C@H]1c1nc(C)cc(Nc2nc(C)c(C)s2)n1. The molecule has 27 heavy (non-hydrogen) atoms. The number of ether oxygens (including phenoxy) is 1. The van der Waals surface area contributed by atoms with Crippen LogP contribution in [0.3, 0.4) is 0 Å². The van der Waals surface area contributed by atoms with Gasteiger partial charge in [-0.05, 0) is 40.0 Å². The van der Waals surface area contributed by atoms with Gasteiger partial charge in [0, 0.05) is 30.3 Å². The van der Waals surface area contributed by atoms with Crippen molar-refractivity contribution in [2.75, 3.05) is 25.6 Å². The summed E-state index contributed by atoms with van der Waals surface area (Å²) in [5, 5.41) is 4.12. The van der Waals surface area contributed by atoms with Crippen LogP contribution in [0.4, 0.5) is 10.9 Å². The molecule has 0 unspecified atom stereocenters. The maximum absolute atomic E-state index is 12.6. The number of rotatable bonds is 6. The van der Waals surface area contributed by atoms with E-state index in [1.165, 1.54) is 4.88 Å². The first-order chi connectivity index (χ1) is 13.0. The number of carbonyl (C=O) groups excluding carboxylic acids is 1. The van der Waals surface area contributed by atoms with E-state index >= 15 is 0 Å². The van der Waals surface area contributed by atoms with Gasteiger partial charge in [-0.2, -0.15) is 0 Å². The molecular weight excluding hydrogens is 362 g/mol. The van der Waals surface area contributed by atoms with Crippen molar-refractivity contribution in [2.45, 2.75) is 52.5 Å². The predicted octanol–water partition coefficient (Wildman–Crippen LogP) is 3.69. The Morgan fingerprint density at radius 3 is 2.81 bits per heavy atom. The minimum absolute atomic E-state index is 0.0803. The number of aromatic nitrogens is 3. The molecule has 1 fully saturated rings. The Morgan fingerprint density at radius 1 is 1.30 bits per heavy atom. The van der Waals surface area contributed by atoms with Gasteiger partial charge < -0.3 is 15.0 Å². The average Bonchev–Trinajstić information content (AvgIpc) is 2.96. The van der Waals surface area contributed by atoms with Gasteiger partial charge in [0.15, 0.2) is 11.0 Å². The molecule has 0 radical (unpaired) electrons. The van der Waals surface area contributed by atoms with Gasteiger partial charge in [0.2, 0.25) is 5.91 Å². The van der Waals surface area contributed by atoms with E-state index in [1.54, 1.807) is 18.4 Å². The van der Waals surface area contributed by atoms with E-state index in [2.05, 4.69) is 22.2 Å². The number of anilines is 2. The lowest BCUT2D eigenvalue weighted by Crippen LogP contribution is -2.39. The van der Waals surface area contributed by atoms with Crippen molar-refractivity contribution in [3.05, 3.63) is 28.2 Å². The minimum Gasteiger partial charge on any atom is -0.384 e. The molecule has 1 saturated heterocycles. The van der Waals surface area contributed by atoms with Crippen molar-refractivity contribution in [1.29, 1.82) is 0 Å². The van der Waals surface area contributed by atoms with Gasteiger partial charge in [-0.15, -0.1) is 11.3 Å². The van der Waals surface area contributed by atoms with Gasteiger partial charge in [-0.3, -0.25) is 4.79 Å². The van der Waals surface area contributed by atoms with Crippen LogP contribution in [0.2, 0.25) is 0 Å². The van der Waals surface area contributed by atoms with Gasteiger partial charge in [0.05, 0.1) is 24.8 Å². The first kappa shape index (κ1) is 19.7. The lowest BCUT2D eigenvalue weighted by Gasteiger charge is -2.35. The summed E-state index contributed by atoms with van der Waals surface area (Å²) in [4.78, 5) is 29.6. The van der Waals surface area contributed by atoms with Crippen LogP contribution in [0.15, 0.2) is 6.07 Å². The molecule has 1 atom stereocenters. The zero-order valence-electron chi connectivity index (χ0n) is 16.4. The molecule has 1 aliphatic heterocycles. The third-order valence-corrected chi connectivity index (χ3v) is 5.76. The van der Waals surface area contributed by atoms with Crippen molar-refractivity contribution in [2.24, 2.45) is 0 Å². The fourth-order valence-electron chi connectivity index (χ4n) is 3.27. The van der Waals surface area contributed by atoms with E-state index in [-0.39, 0.29) is 11.9 Å². The molecule has 2 aromatic rings. The average molecular weight is 390 g/mol. The minimum atomic E-state index is -0.0803. The Morgan fingerprint density at radius 2 is 2.11 bits per heavy atom. The molecule has 0 saturated carbocycles. The fourth-order valence-corrected chi connectivity index (χ4v) is 4.09. The van der Waals surface area contributed by atoms with Crippen LogP contribution in [0, 0.1) is 20.8 Å². The number of piperidine rings is 1. The summed E-state index contributed by atoms with van der Waals surface area (Å²) in [5.74, 6) is 1.53. The highest BCUT2D eigenvalue weighted by Gasteiger charge is 2.30. The molecule has 2 aromatic heterocycles. The van der Waals surface area contributed by atoms with Crippen LogP contribution in [0.25, 0.3) is 0 Å². The van der Waals surface area contributed by atoms with Crippen molar-refractivity contribution in [1.82, 2.24) is 19.9 Å². The smallest absolute Gasteiger partial charge is 0.225 e. The lowest BCUT2D eigenvalue weighted by atomic mass is 10.0. The number of nitrogens with one attached hydrogen (secondary N) is 1. The summed E-state index contributed by atoms with van der Waals surface area (Å²) in [6.07, 6.45) is 3.37. The number of likely N-dealkylation sites (tertiary alicyclic amines) is 1. The van der Waals surface area contributed by atoms with Crippen LogP contribution in [0.5, 0.6) is 0 Å². The van der Waals surface area contributed by atoms with Crippen LogP contribution in [-0.4, -0.2) is 46.0 Å². The number of nitrogens with zero attached hydrogens (tertiary/aromatic N) is 4. The van der Waals surface area contributed by atoms with Crippen molar-refractivity contribution >= 4 is 28.2 Å². The summed E-state index contributed by atoms with van der Waals surface area (Å²) in [7, 11) is 1.62. The van der Waals surface area contributed by atoms with Crippen molar-refractivity contribution in [3.63, 3.8) is 0 Å². The molecule has 1 N–H and O–H groups in total. The fraction of sp³-hybridized carbons (Fsp3) is 0.579. The molecule has 0 bridgehead atoms. The number of thiazole rings is 1. The topological polar surface area (TPSA) is 80.2 Å². The highest BCUT2D eigenvalue weighted by molar-refractivity contribution is 7.15. The number of hydrogen-bond donors (Lipinski definition) is 1. The van der Waals surface area contributed by atoms with Crippen LogP contribution in [-0.2, 0) is 9.53 Å². The summed E-state index contributed by atoms with van der Waals surface area (Å²) in [6.45, 7) is 7.19. The lowest BCUT2D eigenvalue weighted by molar-refractivity contribution is -0.136. The van der Waals surface area contributed by atoms with Gasteiger partial charge in [0.1, 0.15) is 5.82 Å². The largest absolute Gasteiger partial charge is 0.384 e. The van der Waals surface area contributed by atoms with E-state index < -0.39 is 0 Å². The number of amides is 1. The maximum atomic E-state index is 12.6. The Bertz CT molecular complexity index is 788. The molecule has 8 heteroatoms. The summed E-state index contributed by atoms with van der Waals surface area (Å²) < 4.78 is 5.07. The zero-order chi connectivity index (χ0) is 19.4. The molecule has 3 rings (SSSR count). The summed E-state index contributed by atoms with van der Waals surface area (Å²) >= 11 is 1.61. The van der Waals surface area contributed by atoms with E-state index in [1.807, 2.05) is 24.8 Å². The first-order valence-electron chi connectivity index (χ1n) is 9.33. The van der Waals surface area contributed by atoms with E-state index in [4.69, 9.17) is 9.72 Å². The second kappa shape index (κ2) is 8.75. The second-order valence-electron chi connectivity index (χ2n) is 6.88. The molecule has 7 nitrogen and oxygen atoms in total. The Kier molecular flexibility index (Phi) is 6.38. The predicted molar refractivity (Wildman–Crippen MR) is 106 cm³/mol. The molecule has 0 aliphatic carbocycles. The summed E-state index contributed by atoms with van der Waals surface area (Å²) in [6, 6.07) is 1.83. The van der Waals surface area contributed by atoms with Crippen molar-refractivity contribution < 1.29 is 9.53 Å². The van der Waals surface area contributed by atoms with Gasteiger partial charge in [0.25, 0.3) is 0 Å². The number of hydrogen-bond acceptors (Lipinski definition) is 7. The summed E-state index contributed by atoms with van der Waals surface area (Å²) in [5.41, 5.74) is 1.90. The Hall–Kier alpha value is -2.06. The molecule has 0 aromatic carbocycles. The highest BCUT2D eigenvalue weighted by atomic mass is 32.1. The third-order valence-electron chi connectivity index (χ3n) is 4.78. The van der Waals surface area contributed by atoms with Gasteiger partial charge >= 0.3 is 0 Å². The van der Waals surface area contributed by atoms with Crippen molar-refractivity contribution in [3.8, 4) is 0 Å². The standard InChI is InChI=1S/C19H27N5O2S/c1-12-11-16(23-19-21-13(2)14(3)27-19)22-18(20-12)15-7-5-6-9-24(15)17(25)8-10-26-4/h11,15H,5-10H2,1-4H3,(H,20,21,22,23)/t15-/m0/s1. The molecular formula is C19H27N5O2S. The first-order valence-corrected chi connectivity index (χ1v) is 10.1. The normalized spacial score (nSPS) is 17.2. The third kappa shape index (κ3) is 4.81. The quantitative estimate of drug-likeness (QED) is 0.811. The van der Waals surface area contributed by atoms with Crippen LogP contribution in [0.1, 0.15) is 53.8 Å². The molecule has 0 spiro atoms. The van der Waals surface area contributed by atoms with E-state index in [0.717, 1.165) is 48.1 Å². The molecule has 146 valence electrons. The van der Waals surface area contributed by atoms with Gasteiger partial charge in [-0.25, -0.2) is 15.0 Å². The maximum Gasteiger partial charge on any atom is 0.225 e. The zero-order valence-corrected chi connectivity index (χ0v) is 17.2. The molecule has 1 aliphatic rings. The van der Waals surface area contributed by atoms with E-state index in [0.29, 0.717) is 18.9 Å². The van der Waals surface area contributed by atoms with Crippen LogP contribution >= 0.6 is 11.3 Å². The second-order valence-corrected chi connectivity index (χ2v) is 8.08.